The minimum Gasteiger partial charge on any atom is -0.493 e. The maximum Gasteiger partial charge on any atom is 0.387 e. The van der Waals surface area contributed by atoms with Gasteiger partial charge in [-0.3, -0.25) is 10.1 Å². The van der Waals surface area contributed by atoms with Gasteiger partial charge in [0.15, 0.2) is 11.5 Å². The SMILES string of the molecule is COc1cc(COC(=O)c2ccc(Br)s2)c([N+](=O)[O-])cc1OC(F)F. The van der Waals surface area contributed by atoms with E-state index in [9.17, 15) is 23.7 Å². The zero-order valence-electron chi connectivity index (χ0n) is 12.5. The minimum absolute atomic E-state index is 0.0209. The minimum atomic E-state index is -3.17. The molecule has 11 heteroatoms. The molecular weight excluding hydrogens is 428 g/mol. The number of hydrogen-bond donors (Lipinski definition) is 0. The highest BCUT2D eigenvalue weighted by Gasteiger charge is 2.23. The molecule has 25 heavy (non-hydrogen) atoms. The van der Waals surface area contributed by atoms with Crippen molar-refractivity contribution in [1.29, 1.82) is 0 Å². The molecule has 0 bridgehead atoms. The van der Waals surface area contributed by atoms with Crippen LogP contribution in [0, 0.1) is 10.1 Å². The Balaban J connectivity index is 2.26. The van der Waals surface area contributed by atoms with Gasteiger partial charge in [-0.15, -0.1) is 11.3 Å². The number of carbonyl (C=O) groups excluding carboxylic acids is 1. The predicted molar refractivity (Wildman–Crippen MR) is 87.4 cm³/mol. The molecule has 0 radical (unpaired) electrons. The van der Waals surface area contributed by atoms with Crippen LogP contribution in [0.2, 0.25) is 0 Å². The van der Waals surface area contributed by atoms with Crippen molar-refractivity contribution in [2.24, 2.45) is 0 Å². The van der Waals surface area contributed by atoms with Crippen LogP contribution in [0.1, 0.15) is 15.2 Å². The van der Waals surface area contributed by atoms with Gasteiger partial charge < -0.3 is 14.2 Å². The van der Waals surface area contributed by atoms with Gasteiger partial charge in [0.25, 0.3) is 5.69 Å². The molecule has 134 valence electrons. The number of nitrogens with zero attached hydrogens (tertiary/aromatic N) is 1. The first-order valence-corrected chi connectivity index (χ1v) is 8.15. The van der Waals surface area contributed by atoms with E-state index < -0.39 is 35.5 Å². The van der Waals surface area contributed by atoms with Crippen LogP contribution >= 0.6 is 27.3 Å². The first-order chi connectivity index (χ1) is 11.8. The fourth-order valence-electron chi connectivity index (χ4n) is 1.86. The molecular formula is C14H10BrF2NO6S. The van der Waals surface area contributed by atoms with E-state index in [4.69, 9.17) is 9.47 Å². The fourth-order valence-corrected chi connectivity index (χ4v) is 3.14. The lowest BCUT2D eigenvalue weighted by molar-refractivity contribution is -0.386. The second-order valence-electron chi connectivity index (χ2n) is 4.45. The molecule has 2 aromatic rings. The summed E-state index contributed by atoms with van der Waals surface area (Å²) >= 11 is 4.34. The van der Waals surface area contributed by atoms with E-state index >= 15 is 0 Å². The molecule has 0 unspecified atom stereocenters. The highest BCUT2D eigenvalue weighted by molar-refractivity contribution is 9.11. The highest BCUT2D eigenvalue weighted by Crippen LogP contribution is 2.36. The molecule has 0 atom stereocenters. The molecule has 1 heterocycles. The molecule has 1 aromatic heterocycles. The zero-order valence-corrected chi connectivity index (χ0v) is 14.9. The van der Waals surface area contributed by atoms with Gasteiger partial charge in [-0.05, 0) is 34.1 Å². The zero-order chi connectivity index (χ0) is 18.6. The molecule has 0 amide bonds. The smallest absolute Gasteiger partial charge is 0.387 e. The van der Waals surface area contributed by atoms with Crippen molar-refractivity contribution in [2.45, 2.75) is 13.2 Å². The highest BCUT2D eigenvalue weighted by atomic mass is 79.9. The number of rotatable bonds is 7. The summed E-state index contributed by atoms with van der Waals surface area (Å²) in [5.74, 6) is -1.30. The van der Waals surface area contributed by atoms with Gasteiger partial charge in [0.05, 0.1) is 27.4 Å². The lowest BCUT2D eigenvalue weighted by atomic mass is 10.1. The van der Waals surface area contributed by atoms with E-state index in [1.807, 2.05) is 0 Å². The molecule has 0 fully saturated rings. The van der Waals surface area contributed by atoms with E-state index in [0.29, 0.717) is 4.88 Å². The van der Waals surface area contributed by atoms with Gasteiger partial charge in [-0.25, -0.2) is 4.79 Å². The average molecular weight is 438 g/mol. The molecule has 7 nitrogen and oxygen atoms in total. The first kappa shape index (κ1) is 19.1. The molecule has 0 saturated heterocycles. The molecule has 1 aromatic carbocycles. The maximum atomic E-state index is 12.4. The third kappa shape index (κ3) is 4.86. The Morgan fingerprint density at radius 2 is 2.08 bits per heavy atom. The molecule has 0 spiro atoms. The standard InChI is InChI=1S/C14H10BrF2NO6S/c1-22-9-4-7(6-23-13(19)11-2-3-12(15)25-11)8(18(20)21)5-10(9)24-14(16)17/h2-5,14H,6H2,1H3. The molecule has 0 N–H and O–H groups in total. The predicted octanol–water partition coefficient (Wildman–Crippen LogP) is 4.39. The molecule has 2 rings (SSSR count). The van der Waals surface area contributed by atoms with Gasteiger partial charge in [0, 0.05) is 0 Å². The largest absolute Gasteiger partial charge is 0.493 e. The van der Waals surface area contributed by atoms with Crippen molar-refractivity contribution >= 4 is 38.9 Å². The Bertz CT molecular complexity index is 798. The summed E-state index contributed by atoms with van der Waals surface area (Å²) in [6, 6.07) is 5.11. The lowest BCUT2D eigenvalue weighted by Gasteiger charge is -2.12. The van der Waals surface area contributed by atoms with Crippen LogP contribution in [0.5, 0.6) is 11.5 Å². The number of alkyl halides is 2. The number of benzene rings is 1. The van der Waals surface area contributed by atoms with Crippen LogP contribution in [0.4, 0.5) is 14.5 Å². The second kappa shape index (κ2) is 8.21. The summed E-state index contributed by atoms with van der Waals surface area (Å²) in [4.78, 5) is 22.6. The van der Waals surface area contributed by atoms with Crippen molar-refractivity contribution in [2.75, 3.05) is 7.11 Å². The number of esters is 1. The van der Waals surface area contributed by atoms with Crippen LogP contribution in [-0.4, -0.2) is 24.6 Å². The Kier molecular flexibility index (Phi) is 6.26. The number of nitro groups is 1. The molecule has 0 aliphatic heterocycles. The number of halogens is 3. The lowest BCUT2D eigenvalue weighted by Crippen LogP contribution is -2.08. The third-order valence-electron chi connectivity index (χ3n) is 2.91. The summed E-state index contributed by atoms with van der Waals surface area (Å²) in [6.07, 6.45) is 0. The first-order valence-electron chi connectivity index (χ1n) is 6.54. The molecule has 0 aliphatic rings. The van der Waals surface area contributed by atoms with Crippen LogP contribution < -0.4 is 9.47 Å². The van der Waals surface area contributed by atoms with Gasteiger partial charge in [-0.2, -0.15) is 8.78 Å². The summed E-state index contributed by atoms with van der Waals surface area (Å²) < 4.78 is 39.6. The van der Waals surface area contributed by atoms with Crippen LogP contribution in [0.15, 0.2) is 28.1 Å². The number of methoxy groups -OCH3 is 1. The van der Waals surface area contributed by atoms with Crippen LogP contribution in [-0.2, 0) is 11.3 Å². The number of ether oxygens (including phenoxy) is 3. The van der Waals surface area contributed by atoms with Gasteiger partial charge in [0.1, 0.15) is 11.5 Å². The topological polar surface area (TPSA) is 87.9 Å². The Hall–Kier alpha value is -2.27. The normalized spacial score (nSPS) is 10.6. The Labute approximate surface area is 152 Å². The summed E-state index contributed by atoms with van der Waals surface area (Å²) in [5.41, 5.74) is -0.552. The van der Waals surface area contributed by atoms with Crippen molar-refractivity contribution in [1.82, 2.24) is 0 Å². The van der Waals surface area contributed by atoms with E-state index in [1.165, 1.54) is 13.2 Å². The molecule has 0 saturated carbocycles. The van der Waals surface area contributed by atoms with Crippen molar-refractivity contribution < 1.29 is 32.7 Å². The number of thiophene rings is 1. The van der Waals surface area contributed by atoms with Crippen LogP contribution in [0.3, 0.4) is 0 Å². The van der Waals surface area contributed by atoms with Crippen molar-refractivity contribution in [3.8, 4) is 11.5 Å². The Morgan fingerprint density at radius 3 is 2.60 bits per heavy atom. The number of carbonyl (C=O) groups is 1. The van der Waals surface area contributed by atoms with E-state index in [-0.39, 0.29) is 11.3 Å². The summed E-state index contributed by atoms with van der Waals surface area (Å²) in [6.45, 7) is -3.61. The number of hydrogen-bond acceptors (Lipinski definition) is 7. The van der Waals surface area contributed by atoms with E-state index in [2.05, 4.69) is 20.7 Å². The monoisotopic (exact) mass is 437 g/mol. The summed E-state index contributed by atoms with van der Waals surface area (Å²) in [7, 11) is 1.19. The van der Waals surface area contributed by atoms with Gasteiger partial charge in [0.2, 0.25) is 0 Å². The third-order valence-corrected chi connectivity index (χ3v) is 4.51. The second-order valence-corrected chi connectivity index (χ2v) is 6.91. The van der Waals surface area contributed by atoms with Crippen molar-refractivity contribution in [3.05, 3.63) is 48.6 Å². The fraction of sp³-hybridized carbons (Fsp3) is 0.214. The summed E-state index contributed by atoms with van der Waals surface area (Å²) in [5, 5.41) is 11.2. The van der Waals surface area contributed by atoms with E-state index in [1.54, 1.807) is 6.07 Å². The van der Waals surface area contributed by atoms with Gasteiger partial charge in [-0.1, -0.05) is 0 Å². The van der Waals surface area contributed by atoms with E-state index in [0.717, 1.165) is 27.3 Å². The van der Waals surface area contributed by atoms with Crippen molar-refractivity contribution in [3.63, 3.8) is 0 Å². The van der Waals surface area contributed by atoms with Crippen LogP contribution in [0.25, 0.3) is 0 Å². The molecule has 0 aliphatic carbocycles. The number of nitro benzene ring substituents is 1. The maximum absolute atomic E-state index is 12.4. The average Bonchev–Trinajstić information content (AvgIpc) is 2.98. The Morgan fingerprint density at radius 1 is 1.36 bits per heavy atom. The quantitative estimate of drug-likeness (QED) is 0.362. The van der Waals surface area contributed by atoms with Gasteiger partial charge >= 0.3 is 12.6 Å².